The van der Waals surface area contributed by atoms with Crippen molar-refractivity contribution in [2.75, 3.05) is 7.11 Å². The van der Waals surface area contributed by atoms with Gasteiger partial charge in [-0.25, -0.2) is 9.98 Å². The van der Waals surface area contributed by atoms with Gasteiger partial charge in [0.2, 0.25) is 0 Å². The summed E-state index contributed by atoms with van der Waals surface area (Å²) in [5.41, 5.74) is -0.158. The molecule has 1 rings (SSSR count). The largest absolute Gasteiger partial charge is 0.503 e. The van der Waals surface area contributed by atoms with Crippen molar-refractivity contribution in [1.82, 2.24) is 4.98 Å². The molecule has 68 valence electrons. The molecule has 1 amide bonds. The van der Waals surface area contributed by atoms with Crippen LogP contribution in [0, 0.1) is 0 Å². The summed E-state index contributed by atoms with van der Waals surface area (Å²) in [6, 6.07) is 1.44. The first-order chi connectivity index (χ1) is 6.20. The van der Waals surface area contributed by atoms with Crippen LogP contribution in [0.25, 0.3) is 0 Å². The molecule has 0 spiro atoms. The topological polar surface area (TPSA) is 71.8 Å². The van der Waals surface area contributed by atoms with Gasteiger partial charge in [-0.2, -0.15) is 0 Å². The van der Waals surface area contributed by atoms with E-state index in [0.717, 1.165) is 0 Å². The van der Waals surface area contributed by atoms with E-state index in [9.17, 15) is 9.90 Å². The summed E-state index contributed by atoms with van der Waals surface area (Å²) in [5, 5.41) is 9.39. The second kappa shape index (κ2) is 3.66. The lowest BCUT2D eigenvalue weighted by atomic mass is 10.3. The Labute approximate surface area is 74.7 Å². The number of aliphatic imine (C=N–C) groups is 1. The van der Waals surface area contributed by atoms with E-state index >= 15 is 0 Å². The van der Waals surface area contributed by atoms with E-state index in [2.05, 4.69) is 16.7 Å². The van der Waals surface area contributed by atoms with Crippen molar-refractivity contribution in [3.8, 4) is 11.5 Å². The fourth-order valence-corrected chi connectivity index (χ4v) is 0.832. The van der Waals surface area contributed by atoms with E-state index < -0.39 is 5.91 Å². The molecule has 0 aromatic carbocycles. The summed E-state index contributed by atoms with van der Waals surface area (Å²) in [6.45, 7) is 3.04. The average molecular weight is 180 g/mol. The Bertz CT molecular complexity index is 349. The molecule has 1 aromatic heterocycles. The number of nitrogens with zero attached hydrogens (tertiary/aromatic N) is 2. The van der Waals surface area contributed by atoms with Gasteiger partial charge in [0, 0.05) is 12.3 Å². The van der Waals surface area contributed by atoms with Crippen molar-refractivity contribution < 1.29 is 14.6 Å². The maximum Gasteiger partial charge on any atom is 0.298 e. The lowest BCUT2D eigenvalue weighted by Crippen LogP contribution is -1.99. The van der Waals surface area contributed by atoms with Crippen LogP contribution >= 0.6 is 0 Å². The molecule has 0 aliphatic heterocycles. The number of aromatic hydroxyl groups is 1. The summed E-state index contributed by atoms with van der Waals surface area (Å²) in [6.07, 6.45) is 1.34. The maximum atomic E-state index is 11.0. The summed E-state index contributed by atoms with van der Waals surface area (Å²) in [7, 11) is 1.38. The number of rotatable bonds is 2. The first-order valence-electron chi connectivity index (χ1n) is 3.43. The number of hydrogen-bond acceptors (Lipinski definition) is 4. The predicted molar refractivity (Wildman–Crippen MR) is 46.3 cm³/mol. The zero-order valence-corrected chi connectivity index (χ0v) is 7.02. The standard InChI is InChI=1S/C8H8N2O3/c1-9-8(12)6-7(11)5(13-2)3-4-10-6/h3-4,11H,1H2,2H3. The average Bonchev–Trinajstić information content (AvgIpc) is 2.17. The van der Waals surface area contributed by atoms with Crippen molar-refractivity contribution in [3.63, 3.8) is 0 Å². The zero-order chi connectivity index (χ0) is 9.84. The van der Waals surface area contributed by atoms with Gasteiger partial charge >= 0.3 is 0 Å². The maximum absolute atomic E-state index is 11.0. The molecule has 1 heterocycles. The molecule has 0 fully saturated rings. The number of carbonyl (C=O) groups excluding carboxylic acids is 1. The molecule has 0 atom stereocenters. The number of methoxy groups -OCH3 is 1. The molecule has 0 aliphatic rings. The normalized spacial score (nSPS) is 9.31. The molecule has 0 aliphatic carbocycles. The minimum atomic E-state index is -0.684. The Morgan fingerprint density at radius 2 is 2.46 bits per heavy atom. The minimum absolute atomic E-state index is 0.158. The van der Waals surface area contributed by atoms with E-state index in [0.29, 0.717) is 0 Å². The highest BCUT2D eigenvalue weighted by Gasteiger charge is 2.14. The summed E-state index contributed by atoms with van der Waals surface area (Å²) in [5.74, 6) is -0.819. The number of aromatic nitrogens is 1. The lowest BCUT2D eigenvalue weighted by Gasteiger charge is -2.03. The van der Waals surface area contributed by atoms with Gasteiger partial charge in [0.05, 0.1) is 7.11 Å². The van der Waals surface area contributed by atoms with Crippen LogP contribution in [0.4, 0.5) is 0 Å². The second-order valence-corrected chi connectivity index (χ2v) is 2.17. The fraction of sp³-hybridized carbons (Fsp3) is 0.125. The summed E-state index contributed by atoms with van der Waals surface area (Å²) >= 11 is 0. The van der Waals surface area contributed by atoms with E-state index in [1.54, 1.807) is 0 Å². The van der Waals surface area contributed by atoms with Crippen molar-refractivity contribution in [2.45, 2.75) is 0 Å². The molecular weight excluding hydrogens is 172 g/mol. The number of carbonyl (C=O) groups is 1. The van der Waals surface area contributed by atoms with Crippen LogP contribution in [0.2, 0.25) is 0 Å². The molecule has 0 bridgehead atoms. The monoisotopic (exact) mass is 180 g/mol. The molecule has 0 unspecified atom stereocenters. The highest BCUT2D eigenvalue weighted by Crippen LogP contribution is 2.27. The van der Waals surface area contributed by atoms with Gasteiger partial charge in [0.1, 0.15) is 0 Å². The molecule has 0 saturated heterocycles. The highest BCUT2D eigenvalue weighted by molar-refractivity contribution is 5.98. The Kier molecular flexibility index (Phi) is 2.59. The van der Waals surface area contributed by atoms with E-state index in [-0.39, 0.29) is 17.2 Å². The third kappa shape index (κ3) is 1.64. The Morgan fingerprint density at radius 1 is 1.77 bits per heavy atom. The van der Waals surface area contributed by atoms with Gasteiger partial charge in [-0.15, -0.1) is 0 Å². The number of ether oxygens (including phenoxy) is 1. The van der Waals surface area contributed by atoms with Crippen LogP contribution in [0.15, 0.2) is 17.3 Å². The summed E-state index contributed by atoms with van der Waals surface area (Å²) < 4.78 is 4.78. The van der Waals surface area contributed by atoms with E-state index in [1.165, 1.54) is 19.4 Å². The molecule has 1 N–H and O–H groups in total. The van der Waals surface area contributed by atoms with Crippen molar-refractivity contribution in [3.05, 3.63) is 18.0 Å². The number of hydrogen-bond donors (Lipinski definition) is 1. The van der Waals surface area contributed by atoms with Crippen LogP contribution in [-0.2, 0) is 0 Å². The van der Waals surface area contributed by atoms with E-state index in [4.69, 9.17) is 4.74 Å². The van der Waals surface area contributed by atoms with Crippen molar-refractivity contribution in [2.24, 2.45) is 4.99 Å². The molecule has 13 heavy (non-hydrogen) atoms. The van der Waals surface area contributed by atoms with Gasteiger partial charge in [0.25, 0.3) is 5.91 Å². The predicted octanol–water partition coefficient (Wildman–Crippen LogP) is 0.637. The smallest absolute Gasteiger partial charge is 0.298 e. The quantitative estimate of drug-likeness (QED) is 0.678. The van der Waals surface area contributed by atoms with Gasteiger partial charge in [0.15, 0.2) is 17.2 Å². The summed E-state index contributed by atoms with van der Waals surface area (Å²) in [4.78, 5) is 17.8. The third-order valence-electron chi connectivity index (χ3n) is 1.45. The fourth-order valence-electron chi connectivity index (χ4n) is 0.832. The highest BCUT2D eigenvalue weighted by atomic mass is 16.5. The molecule has 5 nitrogen and oxygen atoms in total. The first-order valence-corrected chi connectivity index (χ1v) is 3.43. The van der Waals surface area contributed by atoms with Gasteiger partial charge in [-0.05, 0) is 6.72 Å². The van der Waals surface area contributed by atoms with Crippen LogP contribution in [0.3, 0.4) is 0 Å². The van der Waals surface area contributed by atoms with Crippen molar-refractivity contribution in [1.29, 1.82) is 0 Å². The lowest BCUT2D eigenvalue weighted by molar-refractivity contribution is 0.0995. The van der Waals surface area contributed by atoms with Gasteiger partial charge in [-0.3, -0.25) is 4.79 Å². The Morgan fingerprint density at radius 3 is 3.00 bits per heavy atom. The number of amides is 1. The van der Waals surface area contributed by atoms with Crippen LogP contribution in [0.1, 0.15) is 10.5 Å². The first kappa shape index (κ1) is 9.18. The van der Waals surface area contributed by atoms with Crippen LogP contribution in [-0.4, -0.2) is 29.8 Å². The Balaban J connectivity index is 3.22. The van der Waals surface area contributed by atoms with Crippen molar-refractivity contribution >= 4 is 12.6 Å². The van der Waals surface area contributed by atoms with Crippen LogP contribution in [0.5, 0.6) is 11.5 Å². The third-order valence-corrected chi connectivity index (χ3v) is 1.45. The second-order valence-electron chi connectivity index (χ2n) is 2.17. The van der Waals surface area contributed by atoms with Gasteiger partial charge < -0.3 is 9.84 Å². The molecular formula is C8H8N2O3. The molecule has 0 radical (unpaired) electrons. The molecule has 5 heteroatoms. The van der Waals surface area contributed by atoms with Gasteiger partial charge in [-0.1, -0.05) is 0 Å². The molecule has 1 aromatic rings. The minimum Gasteiger partial charge on any atom is -0.503 e. The SMILES string of the molecule is C=NC(=O)c1nccc(OC)c1O. The zero-order valence-electron chi connectivity index (χ0n) is 7.02. The number of pyridine rings is 1. The van der Waals surface area contributed by atoms with E-state index in [1.807, 2.05) is 0 Å². The Hall–Kier alpha value is -1.91. The molecule has 0 saturated carbocycles. The van der Waals surface area contributed by atoms with Crippen LogP contribution < -0.4 is 4.74 Å².